The summed E-state index contributed by atoms with van der Waals surface area (Å²) in [6.07, 6.45) is 0.339. The first-order valence-electron chi connectivity index (χ1n) is 6.73. The van der Waals surface area contributed by atoms with Crippen LogP contribution < -0.4 is 4.74 Å². The van der Waals surface area contributed by atoms with Gasteiger partial charge in [0.25, 0.3) is 0 Å². The molecule has 0 fully saturated rings. The number of likely N-dealkylation sites (N-methyl/N-ethyl adjacent to an activating group) is 1. The molecule has 2 aromatic carbocycles. The minimum atomic E-state index is 0.0383. The summed E-state index contributed by atoms with van der Waals surface area (Å²) < 4.78 is 5.16. The van der Waals surface area contributed by atoms with Gasteiger partial charge in [0, 0.05) is 13.6 Å². The molecule has 0 bridgehead atoms. The average molecular weight is 285 g/mol. The number of nitrogens with zero attached hydrogens (tertiary/aromatic N) is 1. The van der Waals surface area contributed by atoms with Crippen LogP contribution in [0.25, 0.3) is 0 Å². The molecule has 0 heterocycles. The van der Waals surface area contributed by atoms with E-state index in [2.05, 4.69) is 0 Å². The van der Waals surface area contributed by atoms with Crippen LogP contribution >= 0.6 is 0 Å². The van der Waals surface area contributed by atoms with Gasteiger partial charge in [0.05, 0.1) is 13.5 Å². The predicted molar refractivity (Wildman–Crippen MR) is 81.3 cm³/mol. The maximum absolute atomic E-state index is 12.2. The van der Waals surface area contributed by atoms with Crippen LogP contribution in [0.1, 0.15) is 11.1 Å². The van der Waals surface area contributed by atoms with E-state index in [1.54, 1.807) is 31.2 Å². The number of phenolic OH excluding ortho intramolecular Hbond substituents is 1. The largest absolute Gasteiger partial charge is 0.508 e. The topological polar surface area (TPSA) is 49.8 Å². The summed E-state index contributed by atoms with van der Waals surface area (Å²) >= 11 is 0. The highest BCUT2D eigenvalue weighted by molar-refractivity contribution is 5.78. The van der Waals surface area contributed by atoms with Crippen molar-refractivity contribution in [3.63, 3.8) is 0 Å². The Morgan fingerprint density at radius 1 is 1.14 bits per heavy atom. The predicted octanol–water partition coefficient (Wildman–Crippen LogP) is 2.60. The van der Waals surface area contributed by atoms with Crippen molar-refractivity contribution in [2.75, 3.05) is 14.2 Å². The fraction of sp³-hybridized carbons (Fsp3) is 0.235. The number of methoxy groups -OCH3 is 1. The molecule has 0 saturated heterocycles. The highest BCUT2D eigenvalue weighted by atomic mass is 16.5. The number of phenols is 1. The van der Waals surface area contributed by atoms with Gasteiger partial charge in [-0.3, -0.25) is 4.79 Å². The number of rotatable bonds is 5. The van der Waals surface area contributed by atoms with Gasteiger partial charge in [0.15, 0.2) is 0 Å². The second kappa shape index (κ2) is 6.79. The van der Waals surface area contributed by atoms with Crippen LogP contribution in [0.3, 0.4) is 0 Å². The zero-order chi connectivity index (χ0) is 15.2. The van der Waals surface area contributed by atoms with Crippen molar-refractivity contribution < 1.29 is 14.6 Å². The molecule has 2 aromatic rings. The molecule has 1 amide bonds. The van der Waals surface area contributed by atoms with Crippen molar-refractivity contribution in [2.24, 2.45) is 0 Å². The molecule has 2 rings (SSSR count). The van der Waals surface area contributed by atoms with E-state index in [4.69, 9.17) is 4.74 Å². The van der Waals surface area contributed by atoms with Gasteiger partial charge in [-0.1, -0.05) is 24.3 Å². The maximum atomic E-state index is 12.2. The van der Waals surface area contributed by atoms with E-state index in [1.165, 1.54) is 0 Å². The van der Waals surface area contributed by atoms with Crippen molar-refractivity contribution in [1.29, 1.82) is 0 Å². The zero-order valence-corrected chi connectivity index (χ0v) is 12.2. The number of carbonyl (C=O) groups excluding carboxylic acids is 1. The lowest BCUT2D eigenvalue weighted by Gasteiger charge is -2.17. The molecule has 0 unspecified atom stereocenters. The van der Waals surface area contributed by atoms with Crippen molar-refractivity contribution in [2.45, 2.75) is 13.0 Å². The normalized spacial score (nSPS) is 10.2. The van der Waals surface area contributed by atoms with E-state index >= 15 is 0 Å². The van der Waals surface area contributed by atoms with E-state index in [9.17, 15) is 9.90 Å². The summed E-state index contributed by atoms with van der Waals surface area (Å²) in [4.78, 5) is 13.9. The van der Waals surface area contributed by atoms with Gasteiger partial charge < -0.3 is 14.7 Å². The molecule has 21 heavy (non-hydrogen) atoms. The number of benzene rings is 2. The summed E-state index contributed by atoms with van der Waals surface area (Å²) in [5.74, 6) is 1.02. The number of carbonyl (C=O) groups is 1. The molecular weight excluding hydrogens is 266 g/mol. The number of hydrogen-bond donors (Lipinski definition) is 1. The number of hydrogen-bond acceptors (Lipinski definition) is 3. The highest BCUT2D eigenvalue weighted by Crippen LogP contribution is 2.15. The summed E-state index contributed by atoms with van der Waals surface area (Å²) in [6.45, 7) is 0.517. The molecule has 0 aliphatic carbocycles. The molecule has 0 spiro atoms. The first-order chi connectivity index (χ1) is 10.1. The molecule has 4 heteroatoms. The van der Waals surface area contributed by atoms with E-state index < -0.39 is 0 Å². The molecule has 4 nitrogen and oxygen atoms in total. The molecule has 110 valence electrons. The average Bonchev–Trinajstić information content (AvgIpc) is 2.49. The summed E-state index contributed by atoms with van der Waals surface area (Å²) in [7, 11) is 3.38. The third kappa shape index (κ3) is 4.24. The first kappa shape index (κ1) is 14.9. The highest BCUT2D eigenvalue weighted by Gasteiger charge is 2.10. The third-order valence-electron chi connectivity index (χ3n) is 3.27. The van der Waals surface area contributed by atoms with E-state index in [0.29, 0.717) is 13.0 Å². The standard InChI is InChI=1S/C17H19NO3/c1-18(12-13-6-8-15(19)9-7-13)17(20)11-14-4-3-5-16(10-14)21-2/h3-10,19H,11-12H2,1-2H3. The van der Waals surface area contributed by atoms with Crippen molar-refractivity contribution in [1.82, 2.24) is 4.90 Å². The van der Waals surface area contributed by atoms with Crippen molar-refractivity contribution in [3.05, 3.63) is 59.7 Å². The Labute approximate surface area is 124 Å². The van der Waals surface area contributed by atoms with Crippen LogP contribution in [0.2, 0.25) is 0 Å². The SMILES string of the molecule is COc1cccc(CC(=O)N(C)Cc2ccc(O)cc2)c1. The molecular formula is C17H19NO3. The fourth-order valence-corrected chi connectivity index (χ4v) is 2.06. The lowest BCUT2D eigenvalue weighted by molar-refractivity contribution is -0.129. The van der Waals surface area contributed by atoms with Crippen LogP contribution in [0.4, 0.5) is 0 Å². The van der Waals surface area contributed by atoms with Gasteiger partial charge in [0.1, 0.15) is 11.5 Å². The Balaban J connectivity index is 1.97. The van der Waals surface area contributed by atoms with Gasteiger partial charge in [-0.05, 0) is 35.4 Å². The van der Waals surface area contributed by atoms with Crippen LogP contribution in [-0.4, -0.2) is 30.1 Å². The van der Waals surface area contributed by atoms with Gasteiger partial charge >= 0.3 is 0 Å². The molecule has 0 radical (unpaired) electrons. The smallest absolute Gasteiger partial charge is 0.227 e. The molecule has 0 aliphatic rings. The van der Waals surface area contributed by atoms with Crippen molar-refractivity contribution in [3.8, 4) is 11.5 Å². The third-order valence-corrected chi connectivity index (χ3v) is 3.27. The van der Waals surface area contributed by atoms with Crippen LogP contribution in [0, 0.1) is 0 Å². The number of ether oxygens (including phenoxy) is 1. The maximum Gasteiger partial charge on any atom is 0.227 e. The lowest BCUT2D eigenvalue weighted by atomic mass is 10.1. The van der Waals surface area contributed by atoms with Crippen LogP contribution in [-0.2, 0) is 17.8 Å². The lowest BCUT2D eigenvalue weighted by Crippen LogP contribution is -2.27. The van der Waals surface area contributed by atoms with Crippen molar-refractivity contribution >= 4 is 5.91 Å². The fourth-order valence-electron chi connectivity index (χ4n) is 2.06. The van der Waals surface area contributed by atoms with Gasteiger partial charge in [-0.25, -0.2) is 0 Å². The summed E-state index contributed by atoms with van der Waals surface area (Å²) in [5, 5.41) is 9.25. The Bertz CT molecular complexity index is 608. The quantitative estimate of drug-likeness (QED) is 0.918. The minimum Gasteiger partial charge on any atom is -0.508 e. The van der Waals surface area contributed by atoms with E-state index in [-0.39, 0.29) is 11.7 Å². The molecule has 0 aromatic heterocycles. The number of aromatic hydroxyl groups is 1. The summed E-state index contributed by atoms with van der Waals surface area (Å²) in [6, 6.07) is 14.4. The Morgan fingerprint density at radius 3 is 2.52 bits per heavy atom. The Kier molecular flexibility index (Phi) is 4.82. The summed E-state index contributed by atoms with van der Waals surface area (Å²) in [5.41, 5.74) is 1.91. The molecule has 0 atom stereocenters. The molecule has 0 saturated carbocycles. The second-order valence-electron chi connectivity index (χ2n) is 4.94. The molecule has 0 aliphatic heterocycles. The van der Waals surface area contributed by atoms with Crippen LogP contribution in [0.15, 0.2) is 48.5 Å². The Hall–Kier alpha value is -2.49. The van der Waals surface area contributed by atoms with Gasteiger partial charge in [-0.15, -0.1) is 0 Å². The van der Waals surface area contributed by atoms with E-state index in [1.807, 2.05) is 36.4 Å². The Morgan fingerprint density at radius 2 is 1.86 bits per heavy atom. The minimum absolute atomic E-state index is 0.0383. The zero-order valence-electron chi connectivity index (χ0n) is 12.2. The van der Waals surface area contributed by atoms with Gasteiger partial charge in [-0.2, -0.15) is 0 Å². The first-order valence-corrected chi connectivity index (χ1v) is 6.73. The monoisotopic (exact) mass is 285 g/mol. The molecule has 1 N–H and O–H groups in total. The van der Waals surface area contributed by atoms with Gasteiger partial charge in [0.2, 0.25) is 5.91 Å². The van der Waals surface area contributed by atoms with Crippen LogP contribution in [0.5, 0.6) is 11.5 Å². The number of amides is 1. The van der Waals surface area contributed by atoms with E-state index in [0.717, 1.165) is 16.9 Å². The second-order valence-corrected chi connectivity index (χ2v) is 4.94.